The van der Waals surface area contributed by atoms with Crippen LogP contribution in [0.4, 0.5) is 10.1 Å². The predicted molar refractivity (Wildman–Crippen MR) is 142 cm³/mol. The molecule has 1 amide bonds. The third-order valence-corrected chi connectivity index (χ3v) is 5.78. The Kier molecular flexibility index (Phi) is 8.22. The minimum atomic E-state index is -0.438. The molecule has 0 saturated heterocycles. The van der Waals surface area contributed by atoms with Crippen LogP contribution in [0.1, 0.15) is 31.2 Å². The highest BCUT2D eigenvalue weighted by atomic mass is 79.9. The Balaban J connectivity index is 1.52. The number of aryl methyl sites for hydroxylation is 1. The van der Waals surface area contributed by atoms with E-state index in [1.807, 2.05) is 18.2 Å². The highest BCUT2D eigenvalue weighted by Crippen LogP contribution is 2.17. The van der Waals surface area contributed by atoms with Gasteiger partial charge in [-0.1, -0.05) is 47.5 Å². The highest BCUT2D eigenvalue weighted by Gasteiger charge is 2.11. The van der Waals surface area contributed by atoms with Gasteiger partial charge in [-0.15, -0.1) is 0 Å². The fourth-order valence-corrected chi connectivity index (χ4v) is 3.89. The molecule has 0 bridgehead atoms. The van der Waals surface area contributed by atoms with E-state index >= 15 is 0 Å². The molecule has 0 radical (unpaired) electrons. The van der Waals surface area contributed by atoms with E-state index < -0.39 is 11.7 Å². The minimum Gasteiger partial charge on any atom is -0.484 e. The highest BCUT2D eigenvalue weighted by molar-refractivity contribution is 9.10. The summed E-state index contributed by atoms with van der Waals surface area (Å²) < 4.78 is 21.0. The first kappa shape index (κ1) is 25.2. The quantitative estimate of drug-likeness (QED) is 0.277. The smallest absolute Gasteiger partial charge is 0.282 e. The molecule has 4 rings (SSSR count). The van der Waals surface area contributed by atoms with E-state index in [0.717, 1.165) is 17.3 Å². The number of amides is 1. The van der Waals surface area contributed by atoms with Crippen molar-refractivity contribution in [2.24, 2.45) is 5.10 Å². The standard InChI is InChI=1S/C27H24BrFN4O3/c1-2-3-10-25-32-24-12-11-19(28)14-23(24)27(35)33(25)30-16-18-6-4-9-22(13-18)36-17-26(34)31-21-8-5-7-20(29)15-21/h4-9,11-16H,2-3,10,17H2,1H3,(H,31,34). The Labute approximate surface area is 215 Å². The van der Waals surface area contributed by atoms with Gasteiger partial charge in [0.2, 0.25) is 0 Å². The molecule has 3 aromatic carbocycles. The Bertz CT molecular complexity index is 1490. The maximum Gasteiger partial charge on any atom is 0.282 e. The lowest BCUT2D eigenvalue weighted by molar-refractivity contribution is -0.118. The second-order valence-corrected chi connectivity index (χ2v) is 8.99. The predicted octanol–water partition coefficient (Wildman–Crippen LogP) is 5.54. The van der Waals surface area contributed by atoms with Crippen molar-refractivity contribution in [3.05, 3.63) is 98.8 Å². The molecule has 184 valence electrons. The van der Waals surface area contributed by atoms with E-state index in [9.17, 15) is 14.0 Å². The molecular formula is C27H24BrFN4O3. The summed E-state index contributed by atoms with van der Waals surface area (Å²) in [6.07, 6.45) is 4.02. The number of benzene rings is 3. The number of halogens is 2. The van der Waals surface area contributed by atoms with Crippen LogP contribution in [0.3, 0.4) is 0 Å². The van der Waals surface area contributed by atoms with Gasteiger partial charge in [0.15, 0.2) is 6.61 Å². The third-order valence-electron chi connectivity index (χ3n) is 5.29. The van der Waals surface area contributed by atoms with Crippen molar-refractivity contribution in [1.29, 1.82) is 0 Å². The van der Waals surface area contributed by atoms with E-state index in [4.69, 9.17) is 4.74 Å². The van der Waals surface area contributed by atoms with E-state index in [2.05, 4.69) is 38.3 Å². The van der Waals surface area contributed by atoms with Crippen LogP contribution in [0.2, 0.25) is 0 Å². The van der Waals surface area contributed by atoms with E-state index in [1.54, 1.807) is 36.5 Å². The molecule has 0 unspecified atom stereocenters. The maximum absolute atomic E-state index is 13.3. The number of carbonyl (C=O) groups excluding carboxylic acids is 1. The Morgan fingerprint density at radius 3 is 2.81 bits per heavy atom. The molecular weight excluding hydrogens is 527 g/mol. The molecule has 1 N–H and O–H groups in total. The topological polar surface area (TPSA) is 85.6 Å². The fraction of sp³-hybridized carbons (Fsp3) is 0.185. The van der Waals surface area contributed by atoms with Crippen LogP contribution < -0.4 is 15.6 Å². The van der Waals surface area contributed by atoms with Gasteiger partial charge in [-0.3, -0.25) is 9.59 Å². The maximum atomic E-state index is 13.3. The number of aromatic nitrogens is 2. The number of fused-ring (bicyclic) bond motifs is 1. The van der Waals surface area contributed by atoms with E-state index in [0.29, 0.717) is 40.1 Å². The van der Waals surface area contributed by atoms with Gasteiger partial charge in [0.25, 0.3) is 11.5 Å². The van der Waals surface area contributed by atoms with Crippen molar-refractivity contribution in [3.63, 3.8) is 0 Å². The monoisotopic (exact) mass is 550 g/mol. The molecule has 9 heteroatoms. The molecule has 0 fully saturated rings. The van der Waals surface area contributed by atoms with Crippen molar-refractivity contribution < 1.29 is 13.9 Å². The Morgan fingerprint density at radius 1 is 1.17 bits per heavy atom. The van der Waals surface area contributed by atoms with Crippen LogP contribution in [-0.2, 0) is 11.2 Å². The largest absolute Gasteiger partial charge is 0.484 e. The van der Waals surface area contributed by atoms with Gasteiger partial charge < -0.3 is 10.1 Å². The van der Waals surface area contributed by atoms with Crippen molar-refractivity contribution in [1.82, 2.24) is 9.66 Å². The SMILES string of the molecule is CCCCc1nc2ccc(Br)cc2c(=O)n1N=Cc1cccc(OCC(=O)Nc2cccc(F)c2)c1. The summed E-state index contributed by atoms with van der Waals surface area (Å²) in [5, 5.41) is 7.50. The first-order chi connectivity index (χ1) is 17.4. The average molecular weight is 551 g/mol. The number of hydrogen-bond donors (Lipinski definition) is 1. The van der Waals surface area contributed by atoms with Crippen molar-refractivity contribution in [3.8, 4) is 5.75 Å². The lowest BCUT2D eigenvalue weighted by Crippen LogP contribution is -2.22. The molecule has 0 spiro atoms. The summed E-state index contributed by atoms with van der Waals surface area (Å²) >= 11 is 3.41. The van der Waals surface area contributed by atoms with Gasteiger partial charge in [0, 0.05) is 16.6 Å². The fourth-order valence-electron chi connectivity index (χ4n) is 3.53. The molecule has 4 aromatic rings. The Morgan fingerprint density at radius 2 is 2.00 bits per heavy atom. The lowest BCUT2D eigenvalue weighted by Gasteiger charge is -2.10. The van der Waals surface area contributed by atoms with Crippen LogP contribution in [0.25, 0.3) is 10.9 Å². The molecule has 1 heterocycles. The molecule has 0 atom stereocenters. The van der Waals surface area contributed by atoms with Crippen LogP contribution in [0.15, 0.2) is 81.1 Å². The van der Waals surface area contributed by atoms with Crippen molar-refractivity contribution in [2.75, 3.05) is 11.9 Å². The number of nitrogens with zero attached hydrogens (tertiary/aromatic N) is 3. The summed E-state index contributed by atoms with van der Waals surface area (Å²) in [5.74, 6) is 0.189. The number of carbonyl (C=O) groups is 1. The molecule has 0 aliphatic carbocycles. The number of rotatable bonds is 9. The Hall–Kier alpha value is -3.85. The zero-order valence-corrected chi connectivity index (χ0v) is 21.2. The van der Waals surface area contributed by atoms with Gasteiger partial charge in [0.05, 0.1) is 17.1 Å². The summed E-state index contributed by atoms with van der Waals surface area (Å²) in [4.78, 5) is 30.0. The number of anilines is 1. The molecule has 7 nitrogen and oxygen atoms in total. The van der Waals surface area contributed by atoms with Gasteiger partial charge in [-0.25, -0.2) is 9.37 Å². The molecule has 0 aliphatic heterocycles. The summed E-state index contributed by atoms with van der Waals surface area (Å²) in [6, 6.07) is 18.0. The summed E-state index contributed by atoms with van der Waals surface area (Å²) in [6.45, 7) is 1.83. The van der Waals surface area contributed by atoms with Gasteiger partial charge in [-0.2, -0.15) is 9.78 Å². The lowest BCUT2D eigenvalue weighted by atomic mass is 10.2. The average Bonchev–Trinajstić information content (AvgIpc) is 2.86. The number of ether oxygens (including phenoxy) is 1. The minimum absolute atomic E-state index is 0.245. The number of hydrogen-bond acceptors (Lipinski definition) is 5. The molecule has 0 aliphatic rings. The first-order valence-corrected chi connectivity index (χ1v) is 12.3. The number of unbranched alkanes of at least 4 members (excludes halogenated alkanes) is 1. The van der Waals surface area contributed by atoms with E-state index in [1.165, 1.54) is 22.9 Å². The van der Waals surface area contributed by atoms with Crippen LogP contribution >= 0.6 is 15.9 Å². The van der Waals surface area contributed by atoms with Gasteiger partial charge in [-0.05, 0) is 60.5 Å². The molecule has 0 saturated carbocycles. The van der Waals surface area contributed by atoms with Gasteiger partial charge >= 0.3 is 0 Å². The first-order valence-electron chi connectivity index (χ1n) is 11.5. The van der Waals surface area contributed by atoms with Crippen LogP contribution in [0.5, 0.6) is 5.75 Å². The van der Waals surface area contributed by atoms with Gasteiger partial charge in [0.1, 0.15) is 17.4 Å². The van der Waals surface area contributed by atoms with Crippen molar-refractivity contribution >= 4 is 44.6 Å². The normalized spacial score (nSPS) is 11.2. The van der Waals surface area contributed by atoms with E-state index in [-0.39, 0.29) is 12.2 Å². The zero-order chi connectivity index (χ0) is 25.5. The molecule has 1 aromatic heterocycles. The summed E-state index contributed by atoms with van der Waals surface area (Å²) in [5.41, 5.74) is 1.42. The second kappa shape index (κ2) is 11.7. The second-order valence-electron chi connectivity index (χ2n) is 8.07. The van der Waals surface area contributed by atoms with Crippen molar-refractivity contribution in [2.45, 2.75) is 26.2 Å². The molecule has 36 heavy (non-hydrogen) atoms. The third kappa shape index (κ3) is 6.42. The summed E-state index contributed by atoms with van der Waals surface area (Å²) in [7, 11) is 0. The van der Waals surface area contributed by atoms with Crippen LogP contribution in [-0.4, -0.2) is 28.4 Å². The van der Waals surface area contributed by atoms with Crippen LogP contribution in [0, 0.1) is 5.82 Å². The number of nitrogens with one attached hydrogen (secondary N) is 1. The zero-order valence-electron chi connectivity index (χ0n) is 19.6.